The molecule has 1 aromatic heterocycles. The molecule has 0 unspecified atom stereocenters. The SMILES string of the molecule is Brc1csc([C@H]2COCCN2)c1.Cl. The lowest BCUT2D eigenvalue weighted by Crippen LogP contribution is -2.33. The third-order valence-corrected chi connectivity index (χ3v) is 3.66. The quantitative estimate of drug-likeness (QED) is 0.856. The van der Waals surface area contributed by atoms with E-state index in [2.05, 4.69) is 32.7 Å². The van der Waals surface area contributed by atoms with Crippen LogP contribution in [-0.2, 0) is 4.74 Å². The second-order valence-electron chi connectivity index (χ2n) is 2.75. The molecule has 0 radical (unpaired) electrons. The Bertz CT molecular complexity index is 262. The third kappa shape index (κ3) is 2.92. The van der Waals surface area contributed by atoms with Crippen LogP contribution in [0.2, 0.25) is 0 Å². The summed E-state index contributed by atoms with van der Waals surface area (Å²) in [4.78, 5) is 1.35. The van der Waals surface area contributed by atoms with Gasteiger partial charge in [0.25, 0.3) is 0 Å². The first-order chi connectivity index (χ1) is 5.86. The van der Waals surface area contributed by atoms with Gasteiger partial charge in [-0.2, -0.15) is 0 Å². The van der Waals surface area contributed by atoms with Gasteiger partial charge < -0.3 is 10.1 Å². The summed E-state index contributed by atoms with van der Waals surface area (Å²) in [5.41, 5.74) is 0. The van der Waals surface area contributed by atoms with Gasteiger partial charge in [0.1, 0.15) is 0 Å². The summed E-state index contributed by atoms with van der Waals surface area (Å²) in [5.74, 6) is 0. The lowest BCUT2D eigenvalue weighted by Gasteiger charge is -2.22. The van der Waals surface area contributed by atoms with Crippen molar-refractivity contribution in [3.05, 3.63) is 20.8 Å². The number of ether oxygens (including phenoxy) is 1. The molecule has 0 bridgehead atoms. The lowest BCUT2D eigenvalue weighted by atomic mass is 10.2. The summed E-state index contributed by atoms with van der Waals surface area (Å²) in [6, 6.07) is 2.55. The molecule has 74 valence electrons. The van der Waals surface area contributed by atoms with E-state index < -0.39 is 0 Å². The monoisotopic (exact) mass is 283 g/mol. The van der Waals surface area contributed by atoms with Crippen LogP contribution in [0.1, 0.15) is 10.9 Å². The van der Waals surface area contributed by atoms with Crippen LogP contribution in [0.3, 0.4) is 0 Å². The van der Waals surface area contributed by atoms with Crippen molar-refractivity contribution in [3.63, 3.8) is 0 Å². The highest BCUT2D eigenvalue weighted by atomic mass is 79.9. The molecule has 2 heterocycles. The van der Waals surface area contributed by atoms with E-state index in [1.54, 1.807) is 11.3 Å². The van der Waals surface area contributed by atoms with Crippen LogP contribution in [0.5, 0.6) is 0 Å². The van der Waals surface area contributed by atoms with E-state index in [0.29, 0.717) is 6.04 Å². The van der Waals surface area contributed by atoms with E-state index in [0.717, 1.165) is 24.2 Å². The molecule has 1 aromatic rings. The number of morpholine rings is 1. The molecule has 2 rings (SSSR count). The molecule has 1 fully saturated rings. The van der Waals surface area contributed by atoms with Gasteiger partial charge in [0.15, 0.2) is 0 Å². The summed E-state index contributed by atoms with van der Waals surface area (Å²) in [7, 11) is 0. The Morgan fingerprint density at radius 1 is 1.62 bits per heavy atom. The van der Waals surface area contributed by atoms with E-state index in [-0.39, 0.29) is 12.4 Å². The van der Waals surface area contributed by atoms with Crippen LogP contribution >= 0.6 is 39.7 Å². The average molecular weight is 285 g/mol. The van der Waals surface area contributed by atoms with Gasteiger partial charge >= 0.3 is 0 Å². The summed E-state index contributed by atoms with van der Waals surface area (Å²) in [5, 5.41) is 5.52. The zero-order chi connectivity index (χ0) is 8.39. The molecular weight excluding hydrogens is 274 g/mol. The zero-order valence-electron chi connectivity index (χ0n) is 6.96. The van der Waals surface area contributed by atoms with Gasteiger partial charge in [-0.3, -0.25) is 0 Å². The standard InChI is InChI=1S/C8H10BrNOS.ClH/c9-6-3-8(12-5-6)7-4-11-2-1-10-7;/h3,5,7,10H,1-2,4H2;1H/t7-;/m1./s1. The number of halogens is 2. The van der Waals surface area contributed by atoms with Crippen molar-refractivity contribution in [1.82, 2.24) is 5.32 Å². The second-order valence-corrected chi connectivity index (χ2v) is 4.61. The molecule has 1 N–H and O–H groups in total. The fourth-order valence-electron chi connectivity index (χ4n) is 1.26. The topological polar surface area (TPSA) is 21.3 Å². The minimum atomic E-state index is 0. The molecular formula is C8H11BrClNOS. The van der Waals surface area contributed by atoms with Gasteiger partial charge in [-0.15, -0.1) is 23.7 Å². The number of hydrogen-bond acceptors (Lipinski definition) is 3. The zero-order valence-corrected chi connectivity index (χ0v) is 10.2. The van der Waals surface area contributed by atoms with Gasteiger partial charge in [-0.05, 0) is 22.0 Å². The van der Waals surface area contributed by atoms with Crippen molar-refractivity contribution in [2.75, 3.05) is 19.8 Å². The number of nitrogens with one attached hydrogen (secondary N) is 1. The predicted molar refractivity (Wildman–Crippen MR) is 60.8 cm³/mol. The van der Waals surface area contributed by atoms with E-state index in [1.807, 2.05) is 0 Å². The molecule has 0 saturated carbocycles. The van der Waals surface area contributed by atoms with E-state index in [1.165, 1.54) is 4.88 Å². The number of hydrogen-bond donors (Lipinski definition) is 1. The molecule has 0 amide bonds. The van der Waals surface area contributed by atoms with Crippen molar-refractivity contribution in [2.24, 2.45) is 0 Å². The van der Waals surface area contributed by atoms with Crippen LogP contribution in [-0.4, -0.2) is 19.8 Å². The maximum absolute atomic E-state index is 5.37. The van der Waals surface area contributed by atoms with Crippen molar-refractivity contribution in [1.29, 1.82) is 0 Å². The lowest BCUT2D eigenvalue weighted by molar-refractivity contribution is 0.0779. The molecule has 0 aliphatic carbocycles. The van der Waals surface area contributed by atoms with Crippen LogP contribution in [0.25, 0.3) is 0 Å². The fourth-order valence-corrected chi connectivity index (χ4v) is 2.77. The smallest absolute Gasteiger partial charge is 0.0670 e. The highest BCUT2D eigenvalue weighted by Crippen LogP contribution is 2.26. The predicted octanol–water partition coefficient (Wildman–Crippen LogP) is 2.59. The van der Waals surface area contributed by atoms with Gasteiger partial charge in [0.05, 0.1) is 19.3 Å². The van der Waals surface area contributed by atoms with Crippen molar-refractivity contribution < 1.29 is 4.74 Å². The molecule has 13 heavy (non-hydrogen) atoms. The molecule has 5 heteroatoms. The Hall–Kier alpha value is 0.390. The van der Waals surface area contributed by atoms with Crippen LogP contribution in [0.4, 0.5) is 0 Å². The Balaban J connectivity index is 0.000000845. The van der Waals surface area contributed by atoms with Crippen LogP contribution in [0, 0.1) is 0 Å². The Labute approximate surface area is 96.2 Å². The summed E-state index contributed by atoms with van der Waals surface area (Å²) < 4.78 is 6.54. The molecule has 1 aliphatic heterocycles. The first-order valence-corrected chi connectivity index (χ1v) is 5.58. The maximum Gasteiger partial charge on any atom is 0.0670 e. The maximum atomic E-state index is 5.37. The van der Waals surface area contributed by atoms with E-state index in [9.17, 15) is 0 Å². The number of rotatable bonds is 1. The average Bonchev–Trinajstić information content (AvgIpc) is 2.54. The summed E-state index contributed by atoms with van der Waals surface area (Å²) in [6.45, 7) is 2.59. The molecule has 0 aromatic carbocycles. The Kier molecular flexibility index (Phi) is 4.69. The van der Waals surface area contributed by atoms with Gasteiger partial charge in [0.2, 0.25) is 0 Å². The first kappa shape index (κ1) is 11.5. The van der Waals surface area contributed by atoms with Crippen LogP contribution in [0.15, 0.2) is 15.9 Å². The highest BCUT2D eigenvalue weighted by molar-refractivity contribution is 9.10. The summed E-state index contributed by atoms with van der Waals surface area (Å²) >= 11 is 5.21. The van der Waals surface area contributed by atoms with Crippen molar-refractivity contribution in [2.45, 2.75) is 6.04 Å². The molecule has 0 spiro atoms. The van der Waals surface area contributed by atoms with E-state index >= 15 is 0 Å². The van der Waals surface area contributed by atoms with Gasteiger partial charge in [0, 0.05) is 21.3 Å². The molecule has 1 saturated heterocycles. The third-order valence-electron chi connectivity index (χ3n) is 1.85. The molecule has 2 nitrogen and oxygen atoms in total. The highest BCUT2D eigenvalue weighted by Gasteiger charge is 2.16. The minimum Gasteiger partial charge on any atom is -0.378 e. The fraction of sp³-hybridized carbons (Fsp3) is 0.500. The van der Waals surface area contributed by atoms with Crippen molar-refractivity contribution in [3.8, 4) is 0 Å². The Morgan fingerprint density at radius 2 is 2.46 bits per heavy atom. The van der Waals surface area contributed by atoms with Crippen molar-refractivity contribution >= 4 is 39.7 Å². The largest absolute Gasteiger partial charge is 0.378 e. The van der Waals surface area contributed by atoms with Gasteiger partial charge in [-0.25, -0.2) is 0 Å². The summed E-state index contributed by atoms with van der Waals surface area (Å²) in [6.07, 6.45) is 0. The second kappa shape index (κ2) is 5.32. The normalized spacial score (nSPS) is 22.4. The minimum absolute atomic E-state index is 0. The van der Waals surface area contributed by atoms with Crippen LogP contribution < -0.4 is 5.32 Å². The first-order valence-electron chi connectivity index (χ1n) is 3.91. The number of thiophene rings is 1. The van der Waals surface area contributed by atoms with Gasteiger partial charge in [-0.1, -0.05) is 0 Å². The Morgan fingerprint density at radius 3 is 3.00 bits per heavy atom. The van der Waals surface area contributed by atoms with E-state index in [4.69, 9.17) is 4.74 Å². The molecule has 1 aliphatic rings. The molecule has 1 atom stereocenters.